The monoisotopic (exact) mass is 368 g/mol. The minimum absolute atomic E-state index is 0.106. The van der Waals surface area contributed by atoms with Crippen LogP contribution in [0.1, 0.15) is 31.4 Å². The molecule has 0 radical (unpaired) electrons. The lowest BCUT2D eigenvalue weighted by Gasteiger charge is -2.17. The fraction of sp³-hybridized carbons (Fsp3) is 0.250. The highest BCUT2D eigenvalue weighted by Crippen LogP contribution is 2.25. The molecule has 0 aliphatic rings. The number of nitrogens with zero attached hydrogens (tertiary/aromatic N) is 1. The summed E-state index contributed by atoms with van der Waals surface area (Å²) in [5.41, 5.74) is 1.23. The molecule has 7 nitrogen and oxygen atoms in total. The molecule has 0 aliphatic heterocycles. The lowest BCUT2D eigenvalue weighted by Crippen LogP contribution is -2.12. The number of aromatic nitrogens is 1. The van der Waals surface area contributed by atoms with Gasteiger partial charge >= 0.3 is 17.8 Å². The first-order valence-electron chi connectivity index (χ1n) is 8.62. The normalized spacial score (nSPS) is 11.8. The second-order valence-electron chi connectivity index (χ2n) is 5.92. The molecule has 0 aliphatic carbocycles. The maximum absolute atomic E-state index is 12.3. The van der Waals surface area contributed by atoms with Gasteiger partial charge in [0, 0.05) is 5.69 Å². The number of hydrogen-bond donors (Lipinski definition) is 1. The summed E-state index contributed by atoms with van der Waals surface area (Å²) in [6.07, 6.45) is 0.647. The van der Waals surface area contributed by atoms with E-state index in [0.717, 1.165) is 18.4 Å². The molecule has 3 aromatic rings. The van der Waals surface area contributed by atoms with Gasteiger partial charge in [-0.05, 0) is 30.2 Å². The number of nitrogens with one attached hydrogen (secondary N) is 1. The summed E-state index contributed by atoms with van der Waals surface area (Å²) in [6.45, 7) is 2.05. The Morgan fingerprint density at radius 3 is 2.70 bits per heavy atom. The van der Waals surface area contributed by atoms with E-state index in [2.05, 4.69) is 15.0 Å². The molecule has 0 saturated carbocycles. The molecule has 0 fully saturated rings. The van der Waals surface area contributed by atoms with Gasteiger partial charge in [-0.2, -0.15) is 4.98 Å². The average Bonchev–Trinajstić information content (AvgIpc) is 2.68. The Bertz CT molecular complexity index is 985. The molecule has 27 heavy (non-hydrogen) atoms. The van der Waals surface area contributed by atoms with E-state index >= 15 is 0 Å². The fourth-order valence-electron chi connectivity index (χ4n) is 2.69. The number of amides is 1. The highest BCUT2D eigenvalue weighted by Gasteiger charge is 2.16. The lowest BCUT2D eigenvalue weighted by atomic mass is 10.1. The molecule has 1 amide bonds. The number of fused-ring (bicyclic) bond motifs is 1. The van der Waals surface area contributed by atoms with E-state index in [1.54, 1.807) is 12.1 Å². The van der Waals surface area contributed by atoms with E-state index in [1.165, 1.54) is 13.2 Å². The van der Waals surface area contributed by atoms with Crippen LogP contribution in [0.3, 0.4) is 0 Å². The van der Waals surface area contributed by atoms with E-state index in [4.69, 9.17) is 9.15 Å². The maximum Gasteiger partial charge on any atom is 0.411 e. The molecule has 3 rings (SSSR count). The van der Waals surface area contributed by atoms with Crippen LogP contribution in [0, 0.1) is 0 Å². The predicted molar refractivity (Wildman–Crippen MR) is 101 cm³/mol. The quantitative estimate of drug-likeness (QED) is 0.698. The summed E-state index contributed by atoms with van der Waals surface area (Å²) in [5.74, 6) is 0. The Labute approximate surface area is 155 Å². The summed E-state index contributed by atoms with van der Waals surface area (Å²) >= 11 is 0. The van der Waals surface area contributed by atoms with Gasteiger partial charge in [-0.3, -0.25) is 5.32 Å². The molecule has 0 spiro atoms. The Morgan fingerprint density at radius 1 is 1.22 bits per heavy atom. The molecule has 1 atom stereocenters. The Kier molecular flexibility index (Phi) is 5.71. The van der Waals surface area contributed by atoms with Crippen molar-refractivity contribution < 1.29 is 18.7 Å². The maximum atomic E-state index is 12.3. The molecule has 1 unspecified atom stereocenters. The number of rotatable bonds is 6. The first-order chi connectivity index (χ1) is 13.1. The zero-order valence-electron chi connectivity index (χ0n) is 15.1. The minimum atomic E-state index is -0.610. The van der Waals surface area contributed by atoms with Crippen LogP contribution in [0.4, 0.5) is 10.5 Å². The molecule has 1 N–H and O–H groups in total. The van der Waals surface area contributed by atoms with Crippen LogP contribution in [0.5, 0.6) is 6.08 Å². The van der Waals surface area contributed by atoms with Crippen LogP contribution in [-0.2, 0) is 4.74 Å². The first-order valence-corrected chi connectivity index (χ1v) is 8.62. The Balaban J connectivity index is 1.93. The lowest BCUT2D eigenvalue weighted by molar-refractivity contribution is 0.132. The van der Waals surface area contributed by atoms with Crippen LogP contribution in [0.2, 0.25) is 0 Å². The van der Waals surface area contributed by atoms with Crippen molar-refractivity contribution in [1.29, 1.82) is 0 Å². The minimum Gasteiger partial charge on any atom is -0.453 e. The third-order valence-electron chi connectivity index (χ3n) is 4.01. The Morgan fingerprint density at radius 2 is 2.00 bits per heavy atom. The second kappa shape index (κ2) is 8.35. The largest absolute Gasteiger partial charge is 0.453 e. The second-order valence-corrected chi connectivity index (χ2v) is 5.92. The van der Waals surface area contributed by atoms with Gasteiger partial charge in [0.05, 0.1) is 18.0 Å². The summed E-state index contributed by atoms with van der Waals surface area (Å²) in [7, 11) is 1.27. The van der Waals surface area contributed by atoms with Crippen molar-refractivity contribution in [1.82, 2.24) is 4.98 Å². The molecule has 1 aromatic heterocycles. The molecule has 1 heterocycles. The highest BCUT2D eigenvalue weighted by atomic mass is 16.6. The number of hydrogen-bond acceptors (Lipinski definition) is 6. The van der Waals surface area contributed by atoms with Gasteiger partial charge < -0.3 is 13.9 Å². The van der Waals surface area contributed by atoms with Gasteiger partial charge in [-0.15, -0.1) is 0 Å². The summed E-state index contributed by atoms with van der Waals surface area (Å²) in [6, 6.07) is 14.4. The van der Waals surface area contributed by atoms with Crippen molar-refractivity contribution in [2.75, 3.05) is 12.4 Å². The van der Waals surface area contributed by atoms with Gasteiger partial charge in [0.2, 0.25) is 0 Å². The number of ether oxygens (including phenoxy) is 2. The average molecular weight is 368 g/mol. The molecule has 0 saturated heterocycles. The van der Waals surface area contributed by atoms with E-state index < -0.39 is 11.7 Å². The number of benzene rings is 2. The number of carbonyl (C=O) groups excluding carboxylic acids is 1. The van der Waals surface area contributed by atoms with Crippen LogP contribution in [0.15, 0.2) is 57.7 Å². The van der Waals surface area contributed by atoms with Crippen LogP contribution in [0.25, 0.3) is 10.9 Å². The van der Waals surface area contributed by atoms with Crippen molar-refractivity contribution >= 4 is 22.7 Å². The van der Waals surface area contributed by atoms with Gasteiger partial charge in [0.1, 0.15) is 6.10 Å². The van der Waals surface area contributed by atoms with E-state index in [9.17, 15) is 9.59 Å². The number of anilines is 1. The smallest absolute Gasteiger partial charge is 0.411 e. The predicted octanol–water partition coefficient (Wildman–Crippen LogP) is 4.29. The molecule has 2 aromatic carbocycles. The first kappa shape index (κ1) is 18.4. The molecule has 140 valence electrons. The SMILES string of the molecule is CCCC(Oc1nc2cc(NC(=O)OC)ccc2c(=O)o1)c1ccccc1. The van der Waals surface area contributed by atoms with Gasteiger partial charge in [0.25, 0.3) is 0 Å². The van der Waals surface area contributed by atoms with E-state index in [1.807, 2.05) is 37.3 Å². The number of methoxy groups -OCH3 is 1. The van der Waals surface area contributed by atoms with Crippen LogP contribution < -0.4 is 15.7 Å². The van der Waals surface area contributed by atoms with E-state index in [0.29, 0.717) is 16.6 Å². The zero-order chi connectivity index (χ0) is 19.2. The number of carbonyl (C=O) groups is 1. The third-order valence-corrected chi connectivity index (χ3v) is 4.01. The third kappa shape index (κ3) is 4.44. The molecule has 0 bridgehead atoms. The van der Waals surface area contributed by atoms with Gasteiger partial charge in [-0.25, -0.2) is 9.59 Å². The fourth-order valence-corrected chi connectivity index (χ4v) is 2.69. The molecular formula is C20H20N2O5. The van der Waals surface area contributed by atoms with Crippen LogP contribution in [-0.4, -0.2) is 18.2 Å². The van der Waals surface area contributed by atoms with Gasteiger partial charge in [-0.1, -0.05) is 43.7 Å². The van der Waals surface area contributed by atoms with Gasteiger partial charge in [0.15, 0.2) is 0 Å². The summed E-state index contributed by atoms with van der Waals surface area (Å²) < 4.78 is 15.7. The van der Waals surface area contributed by atoms with Crippen molar-refractivity contribution in [2.45, 2.75) is 25.9 Å². The molecule has 7 heteroatoms. The van der Waals surface area contributed by atoms with Crippen molar-refractivity contribution in [3.05, 3.63) is 64.5 Å². The topological polar surface area (TPSA) is 90.7 Å². The van der Waals surface area contributed by atoms with Crippen molar-refractivity contribution in [2.24, 2.45) is 0 Å². The summed E-state index contributed by atoms with van der Waals surface area (Å²) in [5, 5.41) is 2.83. The van der Waals surface area contributed by atoms with Crippen LogP contribution >= 0.6 is 0 Å². The zero-order valence-corrected chi connectivity index (χ0v) is 15.1. The van der Waals surface area contributed by atoms with Crippen molar-refractivity contribution in [3.8, 4) is 6.08 Å². The highest BCUT2D eigenvalue weighted by molar-refractivity contribution is 5.89. The van der Waals surface area contributed by atoms with Crippen molar-refractivity contribution in [3.63, 3.8) is 0 Å². The standard InChI is InChI=1S/C20H20N2O5/c1-3-7-17(13-8-5-4-6-9-13)26-20-22-16-12-14(21-19(24)25-2)10-11-15(16)18(23)27-20/h4-6,8-12,17H,3,7H2,1-2H3,(H,21,24). The summed E-state index contributed by atoms with van der Waals surface area (Å²) in [4.78, 5) is 27.9. The van der Waals surface area contributed by atoms with E-state index in [-0.39, 0.29) is 12.2 Å². The molecular weight excluding hydrogens is 348 g/mol. The Hall–Kier alpha value is -3.35.